The fourth-order valence-electron chi connectivity index (χ4n) is 1.49. The van der Waals surface area contributed by atoms with E-state index in [4.69, 9.17) is 5.73 Å². The summed E-state index contributed by atoms with van der Waals surface area (Å²) in [5.74, 6) is 0. The second-order valence-corrected chi connectivity index (χ2v) is 4.30. The van der Waals surface area contributed by atoms with Crippen molar-refractivity contribution < 1.29 is 0 Å². The first-order chi connectivity index (χ1) is 8.13. The molecule has 0 aliphatic carbocycles. The lowest BCUT2D eigenvalue weighted by Crippen LogP contribution is -2.23. The maximum absolute atomic E-state index is 12.1. The number of nitrogens with zero attached hydrogens (tertiary/aromatic N) is 3. The average molecular weight is 248 g/mol. The molecular formula is C11H12N4OS. The molecule has 2 rings (SSSR count). The average Bonchev–Trinajstić information content (AvgIpc) is 2.32. The highest BCUT2D eigenvalue weighted by molar-refractivity contribution is 7.98. The van der Waals surface area contributed by atoms with Crippen LogP contribution in [0.5, 0.6) is 0 Å². The Kier molecular flexibility index (Phi) is 3.14. The van der Waals surface area contributed by atoms with E-state index in [1.165, 1.54) is 16.3 Å². The Labute approximate surface area is 103 Å². The molecule has 0 saturated carbocycles. The van der Waals surface area contributed by atoms with E-state index in [1.807, 2.05) is 6.26 Å². The van der Waals surface area contributed by atoms with Gasteiger partial charge < -0.3 is 5.73 Å². The van der Waals surface area contributed by atoms with Crippen LogP contribution in [0.15, 0.2) is 34.2 Å². The molecule has 0 aliphatic heterocycles. The van der Waals surface area contributed by atoms with E-state index in [1.54, 1.807) is 31.3 Å². The maximum atomic E-state index is 12.1. The molecule has 88 valence electrons. The predicted octanol–water partition coefficient (Wildman–Crippen LogP) is 1.15. The lowest BCUT2D eigenvalue weighted by Gasteiger charge is -2.06. The van der Waals surface area contributed by atoms with Crippen molar-refractivity contribution in [2.75, 3.05) is 12.0 Å². The topological polar surface area (TPSA) is 73.8 Å². The first-order valence-corrected chi connectivity index (χ1v) is 6.19. The number of thioether (sulfide) groups is 1. The number of aromatic nitrogens is 3. The van der Waals surface area contributed by atoms with Gasteiger partial charge in [0, 0.05) is 18.3 Å². The number of hydrogen-bond acceptors (Lipinski definition) is 5. The lowest BCUT2D eigenvalue weighted by molar-refractivity contribution is 0.667. The third-order valence-electron chi connectivity index (χ3n) is 2.37. The molecule has 0 aliphatic rings. The standard InChI is InChI=1S/C11H12N4OS/c1-15-10(16)9(13-14-11(15)17-2)7-4-3-5-8(12)6-7/h3-6H,12H2,1-2H3. The van der Waals surface area contributed by atoms with Gasteiger partial charge in [0.2, 0.25) is 0 Å². The first-order valence-electron chi connectivity index (χ1n) is 4.97. The van der Waals surface area contributed by atoms with Crippen molar-refractivity contribution in [3.63, 3.8) is 0 Å². The SMILES string of the molecule is CSc1nnc(-c2cccc(N)c2)c(=O)n1C. The van der Waals surface area contributed by atoms with Crippen molar-refractivity contribution in [2.24, 2.45) is 7.05 Å². The Morgan fingerprint density at radius 1 is 1.35 bits per heavy atom. The number of benzene rings is 1. The summed E-state index contributed by atoms with van der Waals surface area (Å²) in [7, 11) is 1.68. The molecule has 0 spiro atoms. The number of hydrogen-bond donors (Lipinski definition) is 1. The second kappa shape index (κ2) is 4.58. The minimum absolute atomic E-state index is 0.171. The van der Waals surface area contributed by atoms with Gasteiger partial charge in [-0.1, -0.05) is 23.9 Å². The molecular weight excluding hydrogens is 236 g/mol. The second-order valence-electron chi connectivity index (χ2n) is 3.52. The number of nitrogen functional groups attached to an aromatic ring is 1. The zero-order valence-electron chi connectivity index (χ0n) is 9.54. The van der Waals surface area contributed by atoms with Gasteiger partial charge >= 0.3 is 0 Å². The van der Waals surface area contributed by atoms with Crippen LogP contribution in [0.1, 0.15) is 0 Å². The van der Waals surface area contributed by atoms with Gasteiger partial charge in [-0.2, -0.15) is 0 Å². The largest absolute Gasteiger partial charge is 0.399 e. The van der Waals surface area contributed by atoms with Crippen LogP contribution in [-0.4, -0.2) is 21.0 Å². The van der Waals surface area contributed by atoms with Crippen LogP contribution in [0, 0.1) is 0 Å². The third kappa shape index (κ3) is 2.16. The molecule has 0 bridgehead atoms. The van der Waals surface area contributed by atoms with Crippen LogP contribution in [0.3, 0.4) is 0 Å². The van der Waals surface area contributed by atoms with Crippen molar-refractivity contribution in [3.05, 3.63) is 34.6 Å². The fraction of sp³-hybridized carbons (Fsp3) is 0.182. The van der Waals surface area contributed by atoms with E-state index in [0.29, 0.717) is 22.1 Å². The minimum atomic E-state index is -0.171. The summed E-state index contributed by atoms with van der Waals surface area (Å²) in [6, 6.07) is 7.05. The van der Waals surface area contributed by atoms with E-state index in [0.717, 1.165) is 0 Å². The lowest BCUT2D eigenvalue weighted by atomic mass is 10.1. The van der Waals surface area contributed by atoms with Crippen LogP contribution in [0.2, 0.25) is 0 Å². The van der Waals surface area contributed by atoms with Crippen LogP contribution in [0.25, 0.3) is 11.3 Å². The Balaban J connectivity index is 2.62. The van der Waals surface area contributed by atoms with Crippen molar-refractivity contribution >= 4 is 17.4 Å². The van der Waals surface area contributed by atoms with Crippen molar-refractivity contribution in [1.82, 2.24) is 14.8 Å². The summed E-state index contributed by atoms with van der Waals surface area (Å²) in [6.07, 6.45) is 1.85. The van der Waals surface area contributed by atoms with Gasteiger partial charge in [-0.05, 0) is 18.4 Å². The summed E-state index contributed by atoms with van der Waals surface area (Å²) in [6.45, 7) is 0. The Morgan fingerprint density at radius 3 is 2.76 bits per heavy atom. The Bertz CT molecular complexity index is 609. The van der Waals surface area contributed by atoms with Gasteiger partial charge in [0.1, 0.15) is 0 Å². The van der Waals surface area contributed by atoms with Gasteiger partial charge in [0.25, 0.3) is 5.56 Å². The maximum Gasteiger partial charge on any atom is 0.280 e. The van der Waals surface area contributed by atoms with Crippen molar-refractivity contribution in [2.45, 2.75) is 5.16 Å². The molecule has 0 amide bonds. The van der Waals surface area contributed by atoms with E-state index in [-0.39, 0.29) is 5.56 Å². The van der Waals surface area contributed by atoms with Gasteiger partial charge in [0.05, 0.1) is 0 Å². The highest BCUT2D eigenvalue weighted by atomic mass is 32.2. The molecule has 0 atom stereocenters. The highest BCUT2D eigenvalue weighted by Gasteiger charge is 2.10. The van der Waals surface area contributed by atoms with Crippen LogP contribution >= 0.6 is 11.8 Å². The molecule has 2 aromatic rings. The molecule has 0 unspecified atom stereocenters. The molecule has 6 heteroatoms. The van der Waals surface area contributed by atoms with Gasteiger partial charge in [-0.25, -0.2) is 0 Å². The minimum Gasteiger partial charge on any atom is -0.399 e. The molecule has 2 N–H and O–H groups in total. The van der Waals surface area contributed by atoms with Crippen molar-refractivity contribution in [1.29, 1.82) is 0 Å². The molecule has 1 aromatic carbocycles. The molecule has 5 nitrogen and oxygen atoms in total. The van der Waals surface area contributed by atoms with E-state index in [9.17, 15) is 4.79 Å². The van der Waals surface area contributed by atoms with Crippen LogP contribution in [-0.2, 0) is 7.05 Å². The molecule has 17 heavy (non-hydrogen) atoms. The van der Waals surface area contributed by atoms with E-state index < -0.39 is 0 Å². The smallest absolute Gasteiger partial charge is 0.280 e. The summed E-state index contributed by atoms with van der Waals surface area (Å²) >= 11 is 1.38. The fourth-order valence-corrected chi connectivity index (χ4v) is 1.97. The van der Waals surface area contributed by atoms with Crippen LogP contribution in [0.4, 0.5) is 5.69 Å². The third-order valence-corrected chi connectivity index (χ3v) is 3.09. The first kappa shape index (κ1) is 11.7. The zero-order chi connectivity index (χ0) is 12.4. The van der Waals surface area contributed by atoms with Crippen molar-refractivity contribution in [3.8, 4) is 11.3 Å². The molecule has 1 aromatic heterocycles. The number of nitrogens with two attached hydrogens (primary N) is 1. The number of anilines is 1. The Hall–Kier alpha value is -1.82. The van der Waals surface area contributed by atoms with Gasteiger partial charge in [-0.3, -0.25) is 9.36 Å². The highest BCUT2D eigenvalue weighted by Crippen LogP contribution is 2.16. The van der Waals surface area contributed by atoms with Gasteiger partial charge in [0.15, 0.2) is 10.9 Å². The van der Waals surface area contributed by atoms with Gasteiger partial charge in [-0.15, -0.1) is 10.2 Å². The zero-order valence-corrected chi connectivity index (χ0v) is 10.4. The summed E-state index contributed by atoms with van der Waals surface area (Å²) in [5, 5.41) is 8.55. The summed E-state index contributed by atoms with van der Waals surface area (Å²) in [4.78, 5) is 12.1. The van der Waals surface area contributed by atoms with E-state index in [2.05, 4.69) is 10.2 Å². The monoisotopic (exact) mass is 248 g/mol. The van der Waals surface area contributed by atoms with Crippen LogP contribution < -0.4 is 11.3 Å². The molecule has 0 fully saturated rings. The number of rotatable bonds is 2. The summed E-state index contributed by atoms with van der Waals surface area (Å²) in [5.41, 5.74) is 7.11. The quantitative estimate of drug-likeness (QED) is 0.637. The molecule has 0 radical (unpaired) electrons. The van der Waals surface area contributed by atoms with E-state index >= 15 is 0 Å². The Morgan fingerprint density at radius 2 is 2.12 bits per heavy atom. The molecule has 0 saturated heterocycles. The normalized spacial score (nSPS) is 10.5. The summed E-state index contributed by atoms with van der Waals surface area (Å²) < 4.78 is 1.48. The molecule has 1 heterocycles. The predicted molar refractivity (Wildman–Crippen MR) is 68.9 cm³/mol.